The minimum absolute atomic E-state index is 0. The van der Waals surface area contributed by atoms with Crippen LogP contribution < -0.4 is 15.8 Å². The highest BCUT2D eigenvalue weighted by Gasteiger charge is 2.16. The molecule has 0 unspecified atom stereocenters. The fourth-order valence-corrected chi connectivity index (χ4v) is 3.40. The van der Waals surface area contributed by atoms with Crippen LogP contribution >= 0.6 is 12.4 Å². The fraction of sp³-hybridized carbons (Fsp3) is 0.391. The molecule has 0 aromatic heterocycles. The molecule has 7 heteroatoms. The first kappa shape index (κ1) is 23.7. The maximum absolute atomic E-state index is 12.7. The van der Waals surface area contributed by atoms with E-state index in [1.54, 1.807) is 0 Å². The van der Waals surface area contributed by atoms with Gasteiger partial charge in [0, 0.05) is 31.6 Å². The molecule has 6 nitrogen and oxygen atoms in total. The molecule has 1 aliphatic rings. The minimum Gasteiger partial charge on any atom is -0.494 e. The van der Waals surface area contributed by atoms with E-state index in [0.29, 0.717) is 45.5 Å². The van der Waals surface area contributed by atoms with Crippen molar-refractivity contribution in [2.45, 2.75) is 38.6 Å². The summed E-state index contributed by atoms with van der Waals surface area (Å²) in [5.41, 5.74) is 8.71. The molecule has 1 heterocycles. The summed E-state index contributed by atoms with van der Waals surface area (Å²) in [5.74, 6) is 0.954. The third-order valence-electron chi connectivity index (χ3n) is 4.98. The number of benzene rings is 2. The normalized spacial score (nSPS) is 12.4. The third-order valence-corrected chi connectivity index (χ3v) is 4.98. The smallest absolute Gasteiger partial charge is 0.224 e. The number of nitrogens with two attached hydrogens (primary N) is 1. The number of nitrogens with one attached hydrogen (secondary N) is 1. The lowest BCUT2D eigenvalue weighted by Crippen LogP contribution is -2.32. The summed E-state index contributed by atoms with van der Waals surface area (Å²) in [6.07, 6.45) is 3.12. The van der Waals surface area contributed by atoms with E-state index < -0.39 is 0 Å². The Morgan fingerprint density at radius 1 is 1.10 bits per heavy atom. The van der Waals surface area contributed by atoms with Crippen molar-refractivity contribution >= 4 is 29.9 Å². The SMILES string of the molecule is Cl.NCCCN(Cc1ccccc1)C(=O)CCCOc1ccc2c(c1)CCC(=O)N2. The Balaban J connectivity index is 0.00000320. The third kappa shape index (κ3) is 7.04. The molecule has 0 aliphatic carbocycles. The van der Waals surface area contributed by atoms with Crippen LogP contribution in [-0.4, -0.2) is 36.4 Å². The molecule has 0 radical (unpaired) electrons. The molecule has 3 N–H and O–H groups in total. The number of rotatable bonds is 10. The zero-order valence-electron chi connectivity index (χ0n) is 17.1. The zero-order chi connectivity index (χ0) is 20.5. The average molecular weight is 432 g/mol. The topological polar surface area (TPSA) is 84.7 Å². The lowest BCUT2D eigenvalue weighted by atomic mass is 10.0. The van der Waals surface area contributed by atoms with E-state index in [9.17, 15) is 9.59 Å². The van der Waals surface area contributed by atoms with Crippen molar-refractivity contribution in [1.29, 1.82) is 0 Å². The largest absolute Gasteiger partial charge is 0.494 e. The molecular formula is C23H30ClN3O3. The highest BCUT2D eigenvalue weighted by atomic mass is 35.5. The summed E-state index contributed by atoms with van der Waals surface area (Å²) >= 11 is 0. The van der Waals surface area contributed by atoms with E-state index in [0.717, 1.165) is 35.4 Å². The Kier molecular flexibility index (Phi) is 9.64. The summed E-state index contributed by atoms with van der Waals surface area (Å²) in [7, 11) is 0. The second-order valence-corrected chi connectivity index (χ2v) is 7.26. The molecule has 162 valence electrons. The Hall–Kier alpha value is -2.57. The van der Waals surface area contributed by atoms with E-state index >= 15 is 0 Å². The standard InChI is InChI=1S/C23H29N3O3.ClH/c24-13-5-14-26(17-18-6-2-1-3-7-18)23(28)8-4-15-29-20-10-11-21-19(16-20)9-12-22(27)25-21;/h1-3,6-7,10-11,16H,4-5,8-9,12-15,17,24H2,(H,25,27);1H. The first-order chi connectivity index (χ1) is 14.2. The van der Waals surface area contributed by atoms with Crippen LogP contribution in [0.5, 0.6) is 5.75 Å². The van der Waals surface area contributed by atoms with E-state index in [4.69, 9.17) is 10.5 Å². The van der Waals surface area contributed by atoms with Gasteiger partial charge in [-0.2, -0.15) is 0 Å². The molecule has 30 heavy (non-hydrogen) atoms. The molecule has 0 saturated carbocycles. The van der Waals surface area contributed by atoms with Gasteiger partial charge in [0.1, 0.15) is 5.75 Å². The molecule has 0 spiro atoms. The second-order valence-electron chi connectivity index (χ2n) is 7.26. The van der Waals surface area contributed by atoms with Crippen molar-refractivity contribution in [2.75, 3.05) is 25.0 Å². The van der Waals surface area contributed by atoms with Gasteiger partial charge in [-0.15, -0.1) is 12.4 Å². The van der Waals surface area contributed by atoms with Crippen molar-refractivity contribution in [3.63, 3.8) is 0 Å². The molecule has 0 bridgehead atoms. The number of carbonyl (C=O) groups is 2. The van der Waals surface area contributed by atoms with Crippen LogP contribution in [0.1, 0.15) is 36.8 Å². The van der Waals surface area contributed by atoms with Crippen LogP contribution in [0.3, 0.4) is 0 Å². The van der Waals surface area contributed by atoms with Gasteiger partial charge in [0.2, 0.25) is 11.8 Å². The monoisotopic (exact) mass is 431 g/mol. The van der Waals surface area contributed by atoms with Crippen LogP contribution in [0.4, 0.5) is 5.69 Å². The number of anilines is 1. The number of amides is 2. The number of aryl methyl sites for hydroxylation is 1. The van der Waals surface area contributed by atoms with E-state index in [1.807, 2.05) is 53.4 Å². The van der Waals surface area contributed by atoms with Gasteiger partial charge in [-0.05, 0) is 55.1 Å². The summed E-state index contributed by atoms with van der Waals surface area (Å²) in [5, 5.41) is 2.86. The number of fused-ring (bicyclic) bond motifs is 1. The van der Waals surface area contributed by atoms with Gasteiger partial charge in [-0.3, -0.25) is 9.59 Å². The first-order valence-electron chi connectivity index (χ1n) is 10.2. The van der Waals surface area contributed by atoms with Crippen LogP contribution in [0.2, 0.25) is 0 Å². The predicted molar refractivity (Wildman–Crippen MR) is 121 cm³/mol. The molecule has 0 saturated heterocycles. The Morgan fingerprint density at radius 3 is 2.67 bits per heavy atom. The van der Waals surface area contributed by atoms with Gasteiger partial charge in [-0.1, -0.05) is 30.3 Å². The van der Waals surface area contributed by atoms with Crippen LogP contribution in [0, 0.1) is 0 Å². The zero-order valence-corrected chi connectivity index (χ0v) is 18.0. The van der Waals surface area contributed by atoms with Crippen molar-refractivity contribution in [2.24, 2.45) is 5.73 Å². The number of hydrogen-bond acceptors (Lipinski definition) is 4. The van der Waals surface area contributed by atoms with Crippen LogP contribution in [0.25, 0.3) is 0 Å². The van der Waals surface area contributed by atoms with Gasteiger partial charge in [0.15, 0.2) is 0 Å². The van der Waals surface area contributed by atoms with E-state index in [-0.39, 0.29) is 24.2 Å². The Bertz CT molecular complexity index is 830. The number of ether oxygens (including phenoxy) is 1. The van der Waals surface area contributed by atoms with Crippen molar-refractivity contribution in [3.05, 3.63) is 59.7 Å². The quantitative estimate of drug-likeness (QED) is 0.563. The summed E-state index contributed by atoms with van der Waals surface area (Å²) in [6, 6.07) is 15.7. The molecule has 2 aromatic carbocycles. The lowest BCUT2D eigenvalue weighted by molar-refractivity contribution is -0.132. The molecule has 0 fully saturated rings. The predicted octanol–water partition coefficient (Wildman–Crippen LogP) is 3.53. The lowest BCUT2D eigenvalue weighted by Gasteiger charge is -2.23. The fourth-order valence-electron chi connectivity index (χ4n) is 3.40. The first-order valence-corrected chi connectivity index (χ1v) is 10.2. The summed E-state index contributed by atoms with van der Waals surface area (Å²) in [6.45, 7) is 2.33. The molecule has 1 aliphatic heterocycles. The second kappa shape index (κ2) is 12.2. The van der Waals surface area contributed by atoms with Gasteiger partial charge in [0.05, 0.1) is 6.61 Å². The Morgan fingerprint density at radius 2 is 1.90 bits per heavy atom. The van der Waals surface area contributed by atoms with Crippen molar-refractivity contribution < 1.29 is 14.3 Å². The van der Waals surface area contributed by atoms with Crippen LogP contribution in [0.15, 0.2) is 48.5 Å². The maximum atomic E-state index is 12.7. The number of nitrogens with zero attached hydrogens (tertiary/aromatic N) is 1. The van der Waals surface area contributed by atoms with E-state index in [1.165, 1.54) is 0 Å². The number of halogens is 1. The van der Waals surface area contributed by atoms with Crippen molar-refractivity contribution in [1.82, 2.24) is 4.90 Å². The molecule has 2 amide bonds. The molecular weight excluding hydrogens is 402 g/mol. The maximum Gasteiger partial charge on any atom is 0.224 e. The van der Waals surface area contributed by atoms with Crippen LogP contribution in [-0.2, 0) is 22.6 Å². The van der Waals surface area contributed by atoms with Gasteiger partial charge >= 0.3 is 0 Å². The Labute approximate surface area is 184 Å². The van der Waals surface area contributed by atoms with Gasteiger partial charge in [0.25, 0.3) is 0 Å². The number of carbonyl (C=O) groups excluding carboxylic acids is 2. The molecule has 3 rings (SSSR count). The highest BCUT2D eigenvalue weighted by Crippen LogP contribution is 2.26. The summed E-state index contributed by atoms with van der Waals surface area (Å²) < 4.78 is 5.83. The minimum atomic E-state index is 0. The van der Waals surface area contributed by atoms with Crippen molar-refractivity contribution in [3.8, 4) is 5.75 Å². The highest BCUT2D eigenvalue weighted by molar-refractivity contribution is 5.94. The average Bonchev–Trinajstić information content (AvgIpc) is 2.74. The van der Waals surface area contributed by atoms with Gasteiger partial charge < -0.3 is 20.7 Å². The number of hydrogen-bond donors (Lipinski definition) is 2. The van der Waals surface area contributed by atoms with Gasteiger partial charge in [-0.25, -0.2) is 0 Å². The molecule has 0 atom stereocenters. The summed E-state index contributed by atoms with van der Waals surface area (Å²) in [4.78, 5) is 26.0. The molecule has 2 aromatic rings. The van der Waals surface area contributed by atoms with E-state index in [2.05, 4.69) is 5.32 Å².